The molecule has 0 saturated heterocycles. The first-order chi connectivity index (χ1) is 14.4. The van der Waals surface area contributed by atoms with Gasteiger partial charge >= 0.3 is 5.97 Å². The van der Waals surface area contributed by atoms with Crippen molar-refractivity contribution in [3.8, 4) is 16.9 Å². The molecule has 0 radical (unpaired) electrons. The van der Waals surface area contributed by atoms with Crippen molar-refractivity contribution in [3.05, 3.63) is 70.4 Å². The van der Waals surface area contributed by atoms with Gasteiger partial charge in [0.25, 0.3) is 5.91 Å². The highest BCUT2D eigenvalue weighted by Gasteiger charge is 2.23. The number of carbonyl (C=O) groups excluding carboxylic acids is 2. The summed E-state index contributed by atoms with van der Waals surface area (Å²) in [6, 6.07) is 11.5. The van der Waals surface area contributed by atoms with E-state index in [1.165, 1.54) is 23.5 Å². The van der Waals surface area contributed by atoms with Crippen molar-refractivity contribution in [3.63, 3.8) is 0 Å². The van der Waals surface area contributed by atoms with Gasteiger partial charge in [-0.2, -0.15) is 0 Å². The Hall–Kier alpha value is -3.19. The quantitative estimate of drug-likeness (QED) is 0.515. The molecule has 5 nitrogen and oxygen atoms in total. The Balaban J connectivity index is 1.79. The fraction of sp³-hybridized carbons (Fsp3) is 0.217. The fourth-order valence-corrected chi connectivity index (χ4v) is 4.00. The zero-order chi connectivity index (χ0) is 21.7. The second-order valence-corrected chi connectivity index (χ2v) is 7.62. The minimum Gasteiger partial charge on any atom is -0.484 e. The van der Waals surface area contributed by atoms with Crippen LogP contribution in [0.4, 0.5) is 9.39 Å². The Morgan fingerprint density at radius 1 is 1.07 bits per heavy atom. The molecule has 3 aromatic rings. The number of ether oxygens (including phenoxy) is 2. The molecule has 0 aliphatic carbocycles. The van der Waals surface area contributed by atoms with Gasteiger partial charge in [-0.05, 0) is 61.7 Å². The highest BCUT2D eigenvalue weighted by molar-refractivity contribution is 7.15. The molecule has 0 saturated carbocycles. The summed E-state index contributed by atoms with van der Waals surface area (Å²) in [7, 11) is 0. The number of carbonyl (C=O) groups is 2. The zero-order valence-corrected chi connectivity index (χ0v) is 17.8. The average molecular weight is 427 g/mol. The Labute approximate surface area is 178 Å². The summed E-state index contributed by atoms with van der Waals surface area (Å²) in [5.74, 6) is -0.717. The van der Waals surface area contributed by atoms with Crippen molar-refractivity contribution in [2.75, 3.05) is 18.5 Å². The SMILES string of the molecule is CCOC(=O)c1c(-c2ccc(F)cc2)csc1NC(=O)COc1cc(C)cc(C)c1. The van der Waals surface area contributed by atoms with Gasteiger partial charge in [0.1, 0.15) is 22.1 Å². The molecule has 0 spiro atoms. The number of hydrogen-bond acceptors (Lipinski definition) is 5. The largest absolute Gasteiger partial charge is 0.484 e. The number of rotatable bonds is 7. The lowest BCUT2D eigenvalue weighted by Gasteiger charge is -2.10. The van der Waals surface area contributed by atoms with Crippen LogP contribution in [0.2, 0.25) is 0 Å². The lowest BCUT2D eigenvalue weighted by Crippen LogP contribution is -2.21. The first kappa shape index (κ1) is 21.5. The lowest BCUT2D eigenvalue weighted by atomic mass is 10.0. The Kier molecular flexibility index (Phi) is 6.84. The van der Waals surface area contributed by atoms with Crippen molar-refractivity contribution in [1.82, 2.24) is 0 Å². The third-order valence-corrected chi connectivity index (χ3v) is 5.14. The van der Waals surface area contributed by atoms with Gasteiger partial charge in [0.15, 0.2) is 6.61 Å². The van der Waals surface area contributed by atoms with E-state index in [2.05, 4.69) is 5.32 Å². The number of anilines is 1. The molecule has 2 aromatic carbocycles. The first-order valence-electron chi connectivity index (χ1n) is 9.43. The van der Waals surface area contributed by atoms with Crippen LogP contribution in [0.25, 0.3) is 11.1 Å². The monoisotopic (exact) mass is 427 g/mol. The second kappa shape index (κ2) is 9.54. The maximum absolute atomic E-state index is 13.3. The van der Waals surface area contributed by atoms with Gasteiger partial charge in [-0.1, -0.05) is 18.2 Å². The van der Waals surface area contributed by atoms with Crippen molar-refractivity contribution in [2.45, 2.75) is 20.8 Å². The van der Waals surface area contributed by atoms with Crippen LogP contribution in [0.1, 0.15) is 28.4 Å². The Bertz CT molecular complexity index is 1040. The van der Waals surface area contributed by atoms with Crippen LogP contribution in [0, 0.1) is 19.7 Å². The molecule has 156 valence electrons. The van der Waals surface area contributed by atoms with E-state index in [1.807, 2.05) is 32.0 Å². The van der Waals surface area contributed by atoms with Gasteiger partial charge in [0.2, 0.25) is 0 Å². The minimum atomic E-state index is -0.552. The Morgan fingerprint density at radius 2 is 1.73 bits per heavy atom. The number of aryl methyl sites for hydroxylation is 2. The summed E-state index contributed by atoms with van der Waals surface area (Å²) in [4.78, 5) is 25.0. The van der Waals surface area contributed by atoms with Crippen LogP contribution < -0.4 is 10.1 Å². The van der Waals surface area contributed by atoms with Crippen LogP contribution in [0.5, 0.6) is 5.75 Å². The highest BCUT2D eigenvalue weighted by Crippen LogP contribution is 2.36. The number of nitrogens with one attached hydrogen (secondary N) is 1. The van der Waals surface area contributed by atoms with E-state index in [0.29, 0.717) is 21.9 Å². The van der Waals surface area contributed by atoms with Crippen molar-refractivity contribution in [2.24, 2.45) is 0 Å². The summed E-state index contributed by atoms with van der Waals surface area (Å²) in [5.41, 5.74) is 3.55. The smallest absolute Gasteiger partial charge is 0.341 e. The molecular weight excluding hydrogens is 405 g/mol. The van der Waals surface area contributed by atoms with Crippen molar-refractivity contribution < 1.29 is 23.5 Å². The number of hydrogen-bond donors (Lipinski definition) is 1. The number of halogens is 1. The van der Waals surface area contributed by atoms with Gasteiger partial charge in [-0.3, -0.25) is 4.79 Å². The van der Waals surface area contributed by atoms with E-state index in [0.717, 1.165) is 11.1 Å². The number of esters is 1. The summed E-state index contributed by atoms with van der Waals surface area (Å²) >= 11 is 1.20. The molecule has 1 amide bonds. The van der Waals surface area contributed by atoms with E-state index in [4.69, 9.17) is 9.47 Å². The number of thiophene rings is 1. The van der Waals surface area contributed by atoms with Gasteiger partial charge in [-0.25, -0.2) is 9.18 Å². The first-order valence-corrected chi connectivity index (χ1v) is 10.3. The Morgan fingerprint density at radius 3 is 2.37 bits per heavy atom. The van der Waals surface area contributed by atoms with E-state index >= 15 is 0 Å². The number of benzene rings is 2. The standard InChI is InChI=1S/C23H22FNO4S/c1-4-28-23(27)21-19(16-5-7-17(24)8-6-16)13-30-22(21)25-20(26)12-29-18-10-14(2)9-15(3)11-18/h5-11,13H,4,12H2,1-3H3,(H,25,26). The van der Waals surface area contributed by atoms with Crippen LogP contribution in [-0.2, 0) is 9.53 Å². The van der Waals surface area contributed by atoms with Crippen LogP contribution in [0.3, 0.4) is 0 Å². The van der Waals surface area contributed by atoms with Crippen molar-refractivity contribution >= 4 is 28.2 Å². The number of amides is 1. The third kappa shape index (κ3) is 5.24. The molecule has 3 rings (SSSR count). The van der Waals surface area contributed by atoms with E-state index in [1.54, 1.807) is 24.4 Å². The lowest BCUT2D eigenvalue weighted by molar-refractivity contribution is -0.118. The summed E-state index contributed by atoms with van der Waals surface area (Å²) in [5, 5.41) is 4.83. The van der Waals surface area contributed by atoms with Crippen molar-refractivity contribution in [1.29, 1.82) is 0 Å². The van der Waals surface area contributed by atoms with Gasteiger partial charge < -0.3 is 14.8 Å². The topological polar surface area (TPSA) is 64.6 Å². The maximum atomic E-state index is 13.3. The highest BCUT2D eigenvalue weighted by atomic mass is 32.1. The minimum absolute atomic E-state index is 0.195. The van der Waals surface area contributed by atoms with Gasteiger partial charge in [0, 0.05) is 10.9 Å². The molecule has 0 aliphatic heterocycles. The fourth-order valence-electron chi connectivity index (χ4n) is 3.03. The third-order valence-electron chi connectivity index (χ3n) is 4.24. The molecule has 7 heteroatoms. The summed E-state index contributed by atoms with van der Waals surface area (Å²) < 4.78 is 24.0. The van der Waals surface area contributed by atoms with Gasteiger partial charge in [-0.15, -0.1) is 11.3 Å². The van der Waals surface area contributed by atoms with Crippen LogP contribution >= 0.6 is 11.3 Å². The summed E-state index contributed by atoms with van der Waals surface area (Å²) in [6.07, 6.45) is 0. The molecule has 1 N–H and O–H groups in total. The molecule has 1 aromatic heterocycles. The molecule has 0 bridgehead atoms. The molecule has 0 unspecified atom stereocenters. The van der Waals surface area contributed by atoms with E-state index < -0.39 is 11.9 Å². The van der Waals surface area contributed by atoms with Crippen LogP contribution in [-0.4, -0.2) is 25.1 Å². The maximum Gasteiger partial charge on any atom is 0.341 e. The molecule has 0 atom stereocenters. The molecule has 0 aliphatic rings. The molecule has 0 fully saturated rings. The molecule has 1 heterocycles. The second-order valence-electron chi connectivity index (χ2n) is 6.74. The van der Waals surface area contributed by atoms with E-state index in [9.17, 15) is 14.0 Å². The van der Waals surface area contributed by atoms with Gasteiger partial charge in [0.05, 0.1) is 6.61 Å². The predicted molar refractivity (Wildman–Crippen MR) is 116 cm³/mol. The van der Waals surface area contributed by atoms with E-state index in [-0.39, 0.29) is 24.6 Å². The normalized spacial score (nSPS) is 10.5. The summed E-state index contributed by atoms with van der Waals surface area (Å²) in [6.45, 7) is 5.61. The molecular formula is C23H22FNO4S. The zero-order valence-electron chi connectivity index (χ0n) is 17.0. The predicted octanol–water partition coefficient (Wildman–Crippen LogP) is 5.37. The molecule has 30 heavy (non-hydrogen) atoms. The van der Waals surface area contributed by atoms with Crippen LogP contribution in [0.15, 0.2) is 47.8 Å². The average Bonchev–Trinajstić information content (AvgIpc) is 3.10.